The Bertz CT molecular complexity index is 632. The highest BCUT2D eigenvalue weighted by atomic mass is 16.6. The summed E-state index contributed by atoms with van der Waals surface area (Å²) in [6, 6.07) is 13.9. The second kappa shape index (κ2) is 6.67. The standard InChI is InChI=1S/C16H15NO4/c1-11-2-6-13(7-3-11)20-14-8-4-12(5-9-14)16(19)21-15(18)10-17/h2-9H,10,17H2,1H3. The molecule has 2 aromatic carbocycles. The molecule has 0 unspecified atom stereocenters. The SMILES string of the molecule is Cc1ccc(Oc2ccc(C(=O)OC(=O)CN)cc2)cc1. The van der Waals surface area contributed by atoms with E-state index in [-0.39, 0.29) is 12.1 Å². The van der Waals surface area contributed by atoms with E-state index in [9.17, 15) is 9.59 Å². The number of carbonyl (C=O) groups excluding carboxylic acids is 2. The zero-order chi connectivity index (χ0) is 15.2. The van der Waals surface area contributed by atoms with E-state index < -0.39 is 11.9 Å². The predicted octanol–water partition coefficient (Wildman–Crippen LogP) is 2.43. The first kappa shape index (κ1) is 14.7. The highest BCUT2D eigenvalue weighted by Crippen LogP contribution is 2.22. The molecular formula is C16H15NO4. The number of hydrogen-bond acceptors (Lipinski definition) is 5. The van der Waals surface area contributed by atoms with Crippen molar-refractivity contribution >= 4 is 11.9 Å². The highest BCUT2D eigenvalue weighted by Gasteiger charge is 2.11. The van der Waals surface area contributed by atoms with E-state index >= 15 is 0 Å². The molecule has 2 aromatic rings. The molecule has 0 saturated heterocycles. The van der Waals surface area contributed by atoms with Gasteiger partial charge >= 0.3 is 11.9 Å². The molecule has 21 heavy (non-hydrogen) atoms. The fourth-order valence-electron chi connectivity index (χ4n) is 1.61. The van der Waals surface area contributed by atoms with Crippen LogP contribution in [-0.2, 0) is 9.53 Å². The lowest BCUT2D eigenvalue weighted by Crippen LogP contribution is -2.20. The zero-order valence-electron chi connectivity index (χ0n) is 11.5. The Labute approximate surface area is 122 Å². The van der Waals surface area contributed by atoms with E-state index in [1.807, 2.05) is 31.2 Å². The third-order valence-electron chi connectivity index (χ3n) is 2.72. The normalized spacial score (nSPS) is 10.0. The summed E-state index contributed by atoms with van der Waals surface area (Å²) < 4.78 is 10.1. The zero-order valence-corrected chi connectivity index (χ0v) is 11.5. The smallest absolute Gasteiger partial charge is 0.345 e. The van der Waals surface area contributed by atoms with Gasteiger partial charge in [-0.05, 0) is 43.3 Å². The summed E-state index contributed by atoms with van der Waals surface area (Å²) in [6.07, 6.45) is 0. The van der Waals surface area contributed by atoms with Crippen LogP contribution >= 0.6 is 0 Å². The molecule has 0 bridgehead atoms. The van der Waals surface area contributed by atoms with Gasteiger partial charge in [-0.15, -0.1) is 0 Å². The average Bonchev–Trinajstić information content (AvgIpc) is 2.50. The topological polar surface area (TPSA) is 78.6 Å². The fourth-order valence-corrected chi connectivity index (χ4v) is 1.61. The van der Waals surface area contributed by atoms with Crippen LogP contribution in [0.3, 0.4) is 0 Å². The third kappa shape index (κ3) is 4.15. The molecule has 108 valence electrons. The monoisotopic (exact) mass is 285 g/mol. The fraction of sp³-hybridized carbons (Fsp3) is 0.125. The maximum Gasteiger partial charge on any atom is 0.345 e. The van der Waals surface area contributed by atoms with Gasteiger partial charge in [-0.2, -0.15) is 0 Å². The molecule has 0 aliphatic rings. The minimum absolute atomic E-state index is 0.257. The lowest BCUT2D eigenvalue weighted by molar-refractivity contribution is -0.136. The summed E-state index contributed by atoms with van der Waals surface area (Å²) in [5.74, 6) is -0.206. The third-order valence-corrected chi connectivity index (χ3v) is 2.72. The number of ether oxygens (including phenoxy) is 2. The van der Waals surface area contributed by atoms with E-state index in [2.05, 4.69) is 4.74 Å². The number of benzene rings is 2. The predicted molar refractivity (Wildman–Crippen MR) is 77.2 cm³/mol. The van der Waals surface area contributed by atoms with E-state index in [0.29, 0.717) is 11.5 Å². The molecule has 0 heterocycles. The van der Waals surface area contributed by atoms with Gasteiger partial charge in [-0.25, -0.2) is 4.79 Å². The summed E-state index contributed by atoms with van der Waals surface area (Å²) >= 11 is 0. The van der Waals surface area contributed by atoms with Crippen molar-refractivity contribution in [1.82, 2.24) is 0 Å². The van der Waals surface area contributed by atoms with E-state index in [0.717, 1.165) is 5.56 Å². The lowest BCUT2D eigenvalue weighted by Gasteiger charge is -2.07. The van der Waals surface area contributed by atoms with Crippen LogP contribution in [0.15, 0.2) is 48.5 Å². The molecular weight excluding hydrogens is 270 g/mol. The summed E-state index contributed by atoms with van der Waals surface area (Å²) in [7, 11) is 0. The van der Waals surface area contributed by atoms with Crippen LogP contribution in [0.4, 0.5) is 0 Å². The lowest BCUT2D eigenvalue weighted by atomic mass is 10.2. The summed E-state index contributed by atoms with van der Waals surface area (Å²) in [6.45, 7) is 1.66. The van der Waals surface area contributed by atoms with Gasteiger partial charge in [-0.3, -0.25) is 4.79 Å². The van der Waals surface area contributed by atoms with Gasteiger partial charge in [0.25, 0.3) is 0 Å². The van der Waals surface area contributed by atoms with Crippen molar-refractivity contribution in [2.24, 2.45) is 5.73 Å². The first-order chi connectivity index (χ1) is 10.1. The Morgan fingerprint density at radius 1 is 0.952 bits per heavy atom. The molecule has 0 aliphatic carbocycles. The quantitative estimate of drug-likeness (QED) is 0.689. The molecule has 0 aliphatic heterocycles. The molecule has 2 N–H and O–H groups in total. The van der Waals surface area contributed by atoms with Gasteiger partial charge < -0.3 is 15.2 Å². The van der Waals surface area contributed by atoms with Crippen LogP contribution in [-0.4, -0.2) is 18.5 Å². The van der Waals surface area contributed by atoms with E-state index in [1.54, 1.807) is 12.1 Å². The van der Waals surface area contributed by atoms with Crippen LogP contribution in [0.25, 0.3) is 0 Å². The van der Waals surface area contributed by atoms with E-state index in [1.165, 1.54) is 12.1 Å². The minimum atomic E-state index is -0.764. The molecule has 0 fully saturated rings. The Morgan fingerprint density at radius 3 is 2.00 bits per heavy atom. The van der Waals surface area contributed by atoms with Gasteiger partial charge in [0.2, 0.25) is 0 Å². The van der Waals surface area contributed by atoms with Crippen LogP contribution in [0.1, 0.15) is 15.9 Å². The van der Waals surface area contributed by atoms with Crippen molar-refractivity contribution in [3.63, 3.8) is 0 Å². The maximum absolute atomic E-state index is 11.6. The van der Waals surface area contributed by atoms with Gasteiger partial charge in [-0.1, -0.05) is 17.7 Å². The number of aryl methyl sites for hydroxylation is 1. The molecule has 0 amide bonds. The van der Waals surface area contributed by atoms with Crippen molar-refractivity contribution in [1.29, 1.82) is 0 Å². The summed E-state index contributed by atoms with van der Waals surface area (Å²) in [5, 5.41) is 0. The Hall–Kier alpha value is -2.66. The van der Waals surface area contributed by atoms with Gasteiger partial charge in [0.15, 0.2) is 0 Å². The number of rotatable bonds is 4. The van der Waals surface area contributed by atoms with Crippen LogP contribution < -0.4 is 10.5 Å². The first-order valence-electron chi connectivity index (χ1n) is 6.38. The molecule has 5 heteroatoms. The molecule has 2 rings (SSSR count). The molecule has 0 radical (unpaired) electrons. The van der Waals surface area contributed by atoms with Crippen molar-refractivity contribution in [3.8, 4) is 11.5 Å². The van der Waals surface area contributed by atoms with Crippen LogP contribution in [0.2, 0.25) is 0 Å². The second-order valence-corrected chi connectivity index (χ2v) is 4.41. The Kier molecular flexibility index (Phi) is 4.68. The molecule has 0 spiro atoms. The molecule has 0 saturated carbocycles. The van der Waals surface area contributed by atoms with Crippen molar-refractivity contribution in [2.75, 3.05) is 6.54 Å². The van der Waals surface area contributed by atoms with Crippen LogP contribution in [0, 0.1) is 6.92 Å². The molecule has 0 atom stereocenters. The molecule has 0 aromatic heterocycles. The molecule has 5 nitrogen and oxygen atoms in total. The number of nitrogens with two attached hydrogens (primary N) is 1. The van der Waals surface area contributed by atoms with Crippen molar-refractivity contribution in [2.45, 2.75) is 6.92 Å². The van der Waals surface area contributed by atoms with Gasteiger partial charge in [0.05, 0.1) is 12.1 Å². The number of carbonyl (C=O) groups is 2. The summed E-state index contributed by atoms with van der Waals surface area (Å²) in [5.41, 5.74) is 6.47. The highest BCUT2D eigenvalue weighted by molar-refractivity contribution is 5.97. The number of esters is 2. The van der Waals surface area contributed by atoms with Gasteiger partial charge in [0.1, 0.15) is 11.5 Å². The minimum Gasteiger partial charge on any atom is -0.457 e. The average molecular weight is 285 g/mol. The van der Waals surface area contributed by atoms with E-state index in [4.69, 9.17) is 10.5 Å². The van der Waals surface area contributed by atoms with Crippen molar-refractivity contribution < 1.29 is 19.1 Å². The maximum atomic E-state index is 11.6. The first-order valence-corrected chi connectivity index (χ1v) is 6.38. The largest absolute Gasteiger partial charge is 0.457 e. The van der Waals surface area contributed by atoms with Crippen LogP contribution in [0.5, 0.6) is 11.5 Å². The Balaban J connectivity index is 2.03. The van der Waals surface area contributed by atoms with Crippen molar-refractivity contribution in [3.05, 3.63) is 59.7 Å². The summed E-state index contributed by atoms with van der Waals surface area (Å²) in [4.78, 5) is 22.5. The van der Waals surface area contributed by atoms with Gasteiger partial charge in [0, 0.05) is 0 Å². The second-order valence-electron chi connectivity index (χ2n) is 4.41. The Morgan fingerprint density at radius 2 is 1.48 bits per heavy atom. The number of hydrogen-bond donors (Lipinski definition) is 1.